The van der Waals surface area contributed by atoms with Gasteiger partial charge < -0.3 is 9.15 Å². The lowest BCUT2D eigenvalue weighted by molar-refractivity contribution is 0.329. The summed E-state index contributed by atoms with van der Waals surface area (Å²) in [5, 5.41) is 4.10. The van der Waals surface area contributed by atoms with E-state index in [1.807, 2.05) is 19.9 Å². The molecule has 0 aliphatic heterocycles. The summed E-state index contributed by atoms with van der Waals surface area (Å²) in [7, 11) is 0. The molecule has 0 spiro atoms. The maximum absolute atomic E-state index is 11.8. The second-order valence-electron chi connectivity index (χ2n) is 4.35. The van der Waals surface area contributed by atoms with Crippen molar-refractivity contribution >= 4 is 11.0 Å². The highest BCUT2D eigenvalue weighted by Crippen LogP contribution is 2.22. The molecular weight excluding hydrogens is 246 g/mol. The summed E-state index contributed by atoms with van der Waals surface area (Å²) in [6.45, 7) is 3.78. The lowest BCUT2D eigenvalue weighted by Crippen LogP contribution is -2.08. The fraction of sp³-hybridized carbons (Fsp3) is 0.308. The fourth-order valence-electron chi connectivity index (χ4n) is 1.73. The van der Waals surface area contributed by atoms with E-state index in [-0.39, 0.29) is 18.3 Å². The Hall–Kier alpha value is -2.46. The summed E-state index contributed by atoms with van der Waals surface area (Å²) in [5.41, 5.74) is 8.92. The summed E-state index contributed by atoms with van der Waals surface area (Å²) in [5.74, 6) is 0.599. The highest BCUT2D eigenvalue weighted by atomic mass is 16.5. The summed E-state index contributed by atoms with van der Waals surface area (Å²) in [4.78, 5) is 14.4. The van der Waals surface area contributed by atoms with Gasteiger partial charge in [-0.05, 0) is 29.6 Å². The first-order valence-corrected chi connectivity index (χ1v) is 5.83. The van der Waals surface area contributed by atoms with Gasteiger partial charge in [0.1, 0.15) is 11.3 Å². The molecule has 1 aromatic carbocycles. The van der Waals surface area contributed by atoms with Crippen LogP contribution in [0.25, 0.3) is 21.4 Å². The summed E-state index contributed by atoms with van der Waals surface area (Å²) in [6, 6.07) is 6.96. The summed E-state index contributed by atoms with van der Waals surface area (Å²) in [6.07, 6.45) is 0. The van der Waals surface area contributed by atoms with Gasteiger partial charge in [-0.15, -0.1) is 0 Å². The van der Waals surface area contributed by atoms with Gasteiger partial charge in [0.2, 0.25) is 0 Å². The molecule has 0 unspecified atom stereocenters. The van der Waals surface area contributed by atoms with Crippen molar-refractivity contribution in [3.8, 4) is 5.75 Å². The molecule has 0 radical (unpaired) electrons. The molecule has 2 rings (SSSR count). The lowest BCUT2D eigenvalue weighted by Gasteiger charge is -2.06. The Balaban J connectivity index is 2.41. The van der Waals surface area contributed by atoms with E-state index in [1.165, 1.54) is 0 Å². The first kappa shape index (κ1) is 13.0. The third-order valence-corrected chi connectivity index (χ3v) is 2.71. The first-order chi connectivity index (χ1) is 9.11. The molecule has 0 atom stereocenters. The van der Waals surface area contributed by atoms with Crippen molar-refractivity contribution in [2.24, 2.45) is 5.11 Å². The monoisotopic (exact) mass is 259 g/mol. The molecule has 6 nitrogen and oxygen atoms in total. The van der Waals surface area contributed by atoms with Crippen molar-refractivity contribution in [1.29, 1.82) is 0 Å². The molecule has 0 fully saturated rings. The Morgan fingerprint density at radius 1 is 1.42 bits per heavy atom. The minimum absolute atomic E-state index is 0.101. The molecule has 0 saturated heterocycles. The Bertz CT molecular complexity index is 700. The smallest absolute Gasteiger partial charge is 0.339 e. The van der Waals surface area contributed by atoms with Crippen LogP contribution in [0.1, 0.15) is 25.3 Å². The molecule has 0 saturated carbocycles. The Morgan fingerprint density at radius 3 is 2.89 bits per heavy atom. The SMILES string of the molecule is CC(C)c1cc2ccc(OCN=[N+]=[N-])cc2oc1=O. The van der Waals surface area contributed by atoms with Crippen LogP contribution in [0.3, 0.4) is 0 Å². The molecule has 6 heteroatoms. The molecule has 0 aliphatic carbocycles. The summed E-state index contributed by atoms with van der Waals surface area (Å²) >= 11 is 0. The third kappa shape index (κ3) is 2.86. The van der Waals surface area contributed by atoms with Crippen LogP contribution in [0, 0.1) is 0 Å². The number of fused-ring (bicyclic) bond motifs is 1. The van der Waals surface area contributed by atoms with Gasteiger partial charge in [0.25, 0.3) is 0 Å². The molecule has 0 aliphatic rings. The maximum atomic E-state index is 11.8. The number of hydrogen-bond acceptors (Lipinski definition) is 4. The second-order valence-corrected chi connectivity index (χ2v) is 4.35. The van der Waals surface area contributed by atoms with Gasteiger partial charge in [0.15, 0.2) is 6.73 Å². The standard InChI is InChI=1S/C13H13N3O3/c1-8(2)11-5-9-3-4-10(18-7-15-16-14)6-12(9)19-13(11)17/h3-6,8H,7H2,1-2H3. The molecule has 98 valence electrons. The van der Waals surface area contributed by atoms with Crippen LogP contribution in [0.5, 0.6) is 5.75 Å². The molecule has 1 aromatic heterocycles. The van der Waals surface area contributed by atoms with Gasteiger partial charge >= 0.3 is 5.63 Å². The average Bonchev–Trinajstić information content (AvgIpc) is 2.37. The quantitative estimate of drug-likeness (QED) is 0.364. The molecule has 0 bridgehead atoms. The Morgan fingerprint density at radius 2 is 2.21 bits per heavy atom. The molecule has 19 heavy (non-hydrogen) atoms. The van der Waals surface area contributed by atoms with Gasteiger partial charge in [-0.3, -0.25) is 0 Å². The van der Waals surface area contributed by atoms with E-state index in [2.05, 4.69) is 10.0 Å². The second kappa shape index (κ2) is 5.46. The highest BCUT2D eigenvalue weighted by Gasteiger charge is 2.09. The van der Waals surface area contributed by atoms with E-state index >= 15 is 0 Å². The van der Waals surface area contributed by atoms with Gasteiger partial charge in [-0.1, -0.05) is 19.0 Å². The zero-order valence-electron chi connectivity index (χ0n) is 10.7. The largest absolute Gasteiger partial charge is 0.487 e. The zero-order chi connectivity index (χ0) is 13.8. The van der Waals surface area contributed by atoms with E-state index in [9.17, 15) is 4.79 Å². The zero-order valence-corrected chi connectivity index (χ0v) is 10.7. The van der Waals surface area contributed by atoms with Crippen LogP contribution in [0.2, 0.25) is 0 Å². The van der Waals surface area contributed by atoms with Gasteiger partial charge in [0, 0.05) is 21.9 Å². The minimum atomic E-state index is -0.338. The number of azide groups is 1. The maximum Gasteiger partial charge on any atom is 0.339 e. The number of rotatable bonds is 4. The number of hydrogen-bond donors (Lipinski definition) is 0. The molecular formula is C13H13N3O3. The molecule has 0 amide bonds. The van der Waals surface area contributed by atoms with Crippen molar-refractivity contribution in [3.05, 3.63) is 50.7 Å². The van der Waals surface area contributed by atoms with Crippen molar-refractivity contribution < 1.29 is 9.15 Å². The first-order valence-electron chi connectivity index (χ1n) is 5.83. The molecule has 2 aromatic rings. The Kier molecular flexibility index (Phi) is 3.73. The Labute approximate surface area is 109 Å². The van der Waals surface area contributed by atoms with E-state index < -0.39 is 0 Å². The summed E-state index contributed by atoms with van der Waals surface area (Å²) < 4.78 is 10.5. The van der Waals surface area contributed by atoms with Crippen molar-refractivity contribution in [1.82, 2.24) is 0 Å². The predicted molar refractivity (Wildman–Crippen MR) is 71.2 cm³/mol. The van der Waals surface area contributed by atoms with Crippen molar-refractivity contribution in [3.63, 3.8) is 0 Å². The van der Waals surface area contributed by atoms with Crippen molar-refractivity contribution in [2.45, 2.75) is 19.8 Å². The van der Waals surface area contributed by atoms with E-state index in [0.717, 1.165) is 5.39 Å². The highest BCUT2D eigenvalue weighted by molar-refractivity contribution is 5.78. The van der Waals surface area contributed by atoms with Gasteiger partial charge in [-0.25, -0.2) is 4.79 Å². The van der Waals surface area contributed by atoms with E-state index in [1.54, 1.807) is 18.2 Å². The predicted octanol–water partition coefficient (Wildman–Crippen LogP) is 3.56. The normalized spacial score (nSPS) is 10.5. The average molecular weight is 259 g/mol. The molecule has 0 N–H and O–H groups in total. The fourth-order valence-corrected chi connectivity index (χ4v) is 1.73. The number of ether oxygens (including phenoxy) is 1. The topological polar surface area (TPSA) is 88.2 Å². The van der Waals surface area contributed by atoms with Crippen LogP contribution < -0.4 is 10.4 Å². The van der Waals surface area contributed by atoms with Crippen molar-refractivity contribution in [2.75, 3.05) is 6.73 Å². The van der Waals surface area contributed by atoms with Crippen LogP contribution in [0.4, 0.5) is 0 Å². The van der Waals surface area contributed by atoms with E-state index in [0.29, 0.717) is 16.9 Å². The van der Waals surface area contributed by atoms with Crippen LogP contribution in [-0.2, 0) is 0 Å². The lowest BCUT2D eigenvalue weighted by atomic mass is 10.0. The van der Waals surface area contributed by atoms with Crippen LogP contribution in [-0.4, -0.2) is 6.73 Å². The number of nitrogens with zero attached hydrogens (tertiary/aromatic N) is 3. The van der Waals surface area contributed by atoms with Gasteiger partial charge in [0.05, 0.1) is 0 Å². The number of benzene rings is 1. The van der Waals surface area contributed by atoms with Gasteiger partial charge in [-0.2, -0.15) is 0 Å². The van der Waals surface area contributed by atoms with Crippen LogP contribution >= 0.6 is 0 Å². The van der Waals surface area contributed by atoms with Crippen LogP contribution in [0.15, 0.2) is 38.6 Å². The molecule has 1 heterocycles. The third-order valence-electron chi connectivity index (χ3n) is 2.71. The van der Waals surface area contributed by atoms with E-state index in [4.69, 9.17) is 14.7 Å². The minimum Gasteiger partial charge on any atom is -0.487 e.